The third kappa shape index (κ3) is 4.97. The molecule has 0 heterocycles. The molecule has 1 aromatic rings. The van der Waals surface area contributed by atoms with Gasteiger partial charge in [-0.3, -0.25) is 10.1 Å². The summed E-state index contributed by atoms with van der Waals surface area (Å²) in [5, 5.41) is 10.5. The second-order valence-electron chi connectivity index (χ2n) is 5.24. The van der Waals surface area contributed by atoms with Crippen LogP contribution in [0.2, 0.25) is 0 Å². The third-order valence-corrected chi connectivity index (χ3v) is 3.79. The Morgan fingerprint density at radius 2 is 1.82 bits per heavy atom. The molecule has 0 spiro atoms. The molecule has 118 valence electrons. The Hall–Kier alpha value is -1.10. The molecule has 1 saturated carbocycles. The molecule has 22 heavy (non-hydrogen) atoms. The molecule has 1 aliphatic carbocycles. The maximum absolute atomic E-state index is 12.0. The first-order chi connectivity index (χ1) is 9.97. The van der Waals surface area contributed by atoms with E-state index in [0.717, 1.165) is 25.7 Å². The summed E-state index contributed by atoms with van der Waals surface area (Å²) in [4.78, 5) is 23.6. The first kappa shape index (κ1) is 18.9. The van der Waals surface area contributed by atoms with E-state index in [4.69, 9.17) is 10.5 Å². The van der Waals surface area contributed by atoms with Gasteiger partial charge in [0.1, 0.15) is 5.75 Å². The van der Waals surface area contributed by atoms with Crippen molar-refractivity contribution >= 4 is 11.8 Å². The van der Waals surface area contributed by atoms with Crippen LogP contribution < -0.4 is 4.74 Å². The number of nitrogens with one attached hydrogen (secondary N) is 1. The summed E-state index contributed by atoms with van der Waals surface area (Å²) in [5.74, 6) is 0.284. The molecule has 0 aromatic heterocycles. The molecule has 0 bridgehead atoms. The van der Waals surface area contributed by atoms with Gasteiger partial charge in [-0.05, 0) is 25.0 Å². The summed E-state index contributed by atoms with van der Waals surface area (Å²) in [7, 11) is 1.68. The van der Waals surface area contributed by atoms with E-state index in [1.165, 1.54) is 24.3 Å². The zero-order valence-corrected chi connectivity index (χ0v) is 16.5. The van der Waals surface area contributed by atoms with E-state index < -0.39 is 11.0 Å². The van der Waals surface area contributed by atoms with Gasteiger partial charge in [-0.2, -0.15) is 0 Å². The van der Waals surface area contributed by atoms with Crippen molar-refractivity contribution < 1.29 is 45.6 Å². The molecule has 1 fully saturated rings. The fraction of sp³-hybridized carbons (Fsp3) is 0.500. The average molecular weight is 530 g/mol. The Morgan fingerprint density at radius 3 is 2.32 bits per heavy atom. The van der Waals surface area contributed by atoms with E-state index in [2.05, 4.69) is 0 Å². The minimum atomic E-state index is -0.503. The summed E-state index contributed by atoms with van der Waals surface area (Å²) in [6.07, 6.45) is 2.72. The largest absolute Gasteiger partial charge is 0.675 e. The second-order valence-corrected chi connectivity index (χ2v) is 5.24. The van der Waals surface area contributed by atoms with Crippen LogP contribution in [0.25, 0.3) is 5.73 Å². The number of amides is 1. The maximum Gasteiger partial charge on any atom is 0.415 e. The summed E-state index contributed by atoms with van der Waals surface area (Å²) < 4.78 is 5.21. The van der Waals surface area contributed by atoms with Crippen molar-refractivity contribution in [3.8, 4) is 5.75 Å². The minimum Gasteiger partial charge on any atom is -0.675 e. The SMILES string of the molecule is CN(C(=O)Oc1ccc([N+](=O)[O-])cc1)C1CCC([NH-])CC1.[U]. The van der Waals surface area contributed by atoms with Crippen LogP contribution in [-0.4, -0.2) is 35.0 Å². The van der Waals surface area contributed by atoms with E-state index in [1.807, 2.05) is 0 Å². The average Bonchev–Trinajstić information content (AvgIpc) is 2.47. The first-order valence-electron chi connectivity index (χ1n) is 6.87. The van der Waals surface area contributed by atoms with Gasteiger partial charge in [0.15, 0.2) is 0 Å². The molecular formula is C14H18N3O4U-. The molecule has 0 unspecified atom stereocenters. The van der Waals surface area contributed by atoms with E-state index in [9.17, 15) is 14.9 Å². The number of carbonyl (C=O) groups is 1. The number of hydrogen-bond acceptors (Lipinski definition) is 4. The van der Waals surface area contributed by atoms with Crippen molar-refractivity contribution in [2.45, 2.75) is 37.8 Å². The fourth-order valence-electron chi connectivity index (χ4n) is 2.42. The quantitative estimate of drug-likeness (QED) is 0.442. The number of carbonyl (C=O) groups excluding carboxylic acids is 1. The number of rotatable bonds is 3. The van der Waals surface area contributed by atoms with Crippen LogP contribution in [0, 0.1) is 41.2 Å². The molecular weight excluding hydrogens is 512 g/mol. The van der Waals surface area contributed by atoms with Gasteiger partial charge in [0.05, 0.1) is 4.92 Å². The van der Waals surface area contributed by atoms with Crippen LogP contribution in [0.4, 0.5) is 10.5 Å². The van der Waals surface area contributed by atoms with Gasteiger partial charge >= 0.3 is 6.09 Å². The number of nitrogens with zero attached hydrogens (tertiary/aromatic N) is 2. The van der Waals surface area contributed by atoms with E-state index >= 15 is 0 Å². The predicted octanol–water partition coefficient (Wildman–Crippen LogP) is 3.39. The van der Waals surface area contributed by atoms with Gasteiger partial charge in [0, 0.05) is 56.3 Å². The molecule has 7 nitrogen and oxygen atoms in total. The first-order valence-corrected chi connectivity index (χ1v) is 6.87. The summed E-state index contributed by atoms with van der Waals surface area (Å²) in [5.41, 5.74) is 7.61. The zero-order chi connectivity index (χ0) is 15.4. The summed E-state index contributed by atoms with van der Waals surface area (Å²) in [6, 6.07) is 5.48. The topological polar surface area (TPSA) is 96.5 Å². The van der Waals surface area contributed by atoms with Crippen molar-refractivity contribution in [3.63, 3.8) is 0 Å². The molecule has 0 atom stereocenters. The van der Waals surface area contributed by atoms with Crippen LogP contribution in [0.3, 0.4) is 0 Å². The van der Waals surface area contributed by atoms with E-state index in [0.29, 0.717) is 0 Å². The molecule has 0 saturated heterocycles. The molecule has 0 radical (unpaired) electrons. The molecule has 1 aromatic carbocycles. The van der Waals surface area contributed by atoms with Crippen LogP contribution in [0.5, 0.6) is 5.75 Å². The van der Waals surface area contributed by atoms with Crippen LogP contribution in [-0.2, 0) is 0 Å². The van der Waals surface area contributed by atoms with Crippen molar-refractivity contribution in [2.24, 2.45) is 0 Å². The number of ether oxygens (including phenoxy) is 1. The second kappa shape index (κ2) is 8.51. The number of benzene rings is 1. The van der Waals surface area contributed by atoms with Crippen molar-refractivity contribution in [2.75, 3.05) is 7.05 Å². The van der Waals surface area contributed by atoms with Crippen molar-refractivity contribution in [3.05, 3.63) is 40.1 Å². The van der Waals surface area contributed by atoms with Gasteiger partial charge in [0.25, 0.3) is 5.69 Å². The molecule has 2 rings (SSSR count). The Morgan fingerprint density at radius 1 is 1.27 bits per heavy atom. The summed E-state index contributed by atoms with van der Waals surface area (Å²) >= 11 is 0. The van der Waals surface area contributed by atoms with Crippen LogP contribution in [0.1, 0.15) is 25.7 Å². The smallest absolute Gasteiger partial charge is 0.415 e. The van der Waals surface area contributed by atoms with E-state index in [1.54, 1.807) is 11.9 Å². The number of nitro benzene ring substituents is 1. The molecule has 0 aliphatic heterocycles. The Kier molecular flexibility index (Phi) is 7.33. The van der Waals surface area contributed by atoms with E-state index in [-0.39, 0.29) is 54.6 Å². The van der Waals surface area contributed by atoms with Gasteiger partial charge in [0.2, 0.25) is 0 Å². The number of nitro groups is 1. The van der Waals surface area contributed by atoms with Gasteiger partial charge < -0.3 is 15.4 Å². The van der Waals surface area contributed by atoms with Gasteiger partial charge in [-0.1, -0.05) is 12.8 Å². The Labute approximate surface area is 152 Å². The van der Waals surface area contributed by atoms with Gasteiger partial charge in [-0.15, -0.1) is 6.04 Å². The van der Waals surface area contributed by atoms with Crippen molar-refractivity contribution in [1.29, 1.82) is 0 Å². The van der Waals surface area contributed by atoms with Crippen molar-refractivity contribution in [1.82, 2.24) is 4.90 Å². The zero-order valence-electron chi connectivity index (χ0n) is 12.3. The molecule has 1 amide bonds. The normalized spacial score (nSPS) is 20.6. The minimum absolute atomic E-state index is 0. The predicted molar refractivity (Wildman–Crippen MR) is 77.2 cm³/mol. The van der Waals surface area contributed by atoms with Gasteiger partial charge in [-0.25, -0.2) is 4.79 Å². The maximum atomic E-state index is 12.0. The third-order valence-electron chi connectivity index (χ3n) is 3.79. The van der Waals surface area contributed by atoms with Crippen LogP contribution >= 0.6 is 0 Å². The molecule has 1 aliphatic rings. The Balaban J connectivity index is 0.00000242. The molecule has 1 N–H and O–H groups in total. The molecule has 8 heteroatoms. The number of non-ortho nitro benzene ring substituents is 1. The monoisotopic (exact) mass is 530 g/mol. The Bertz CT molecular complexity index is 515. The standard InChI is InChI=1S/C14H18N3O4.U/c1-16(11-4-2-10(15)3-5-11)14(18)21-13-8-6-12(7-9-13)17(19)20;/h6-11,15H,2-5H2,1H3;/q-1;. The fourth-order valence-corrected chi connectivity index (χ4v) is 2.42. The van der Waals surface area contributed by atoms with Crippen LogP contribution in [0.15, 0.2) is 24.3 Å². The summed E-state index contributed by atoms with van der Waals surface area (Å²) in [6.45, 7) is 0. The number of hydrogen-bond donors (Lipinski definition) is 0.